The standard InChI is InChI=1S/C26H23N5O2/c32-20-11-7-17(8-12-20)19-10-14-23-29-30-26(31(23)16-19)21-13-9-18-4-3-5-22(25(18)28-21)33-24-6-1-2-15-27-24/h3-5,7-14,16,24,27,32H,1-2,6,15H2. The SMILES string of the molecule is Oc1ccc(-c2ccc3nnc(-c4ccc5cccc(OC6CCCCN6)c5n4)n3c2)cc1. The number of benzene rings is 2. The van der Waals surface area contributed by atoms with Gasteiger partial charge in [0.05, 0.1) is 0 Å². The Morgan fingerprint density at radius 1 is 0.909 bits per heavy atom. The zero-order chi connectivity index (χ0) is 22.2. The van der Waals surface area contributed by atoms with Crippen LogP contribution in [0, 0.1) is 0 Å². The molecule has 0 aliphatic carbocycles. The largest absolute Gasteiger partial charge is 0.508 e. The number of aromatic hydroxyl groups is 1. The lowest BCUT2D eigenvalue weighted by molar-refractivity contribution is 0.134. The highest BCUT2D eigenvalue weighted by atomic mass is 16.5. The summed E-state index contributed by atoms with van der Waals surface area (Å²) < 4.78 is 8.23. The minimum Gasteiger partial charge on any atom is -0.508 e. The average molecular weight is 438 g/mol. The summed E-state index contributed by atoms with van der Waals surface area (Å²) in [5, 5.41) is 22.8. The predicted molar refractivity (Wildman–Crippen MR) is 127 cm³/mol. The van der Waals surface area contributed by atoms with Gasteiger partial charge in [-0.2, -0.15) is 0 Å². The molecule has 7 heteroatoms. The molecule has 0 amide bonds. The third kappa shape index (κ3) is 3.76. The van der Waals surface area contributed by atoms with Gasteiger partial charge in [-0.05, 0) is 73.3 Å². The number of pyridine rings is 2. The Bertz CT molecular complexity index is 1440. The normalized spacial score (nSPS) is 16.3. The lowest BCUT2D eigenvalue weighted by Gasteiger charge is -2.24. The van der Waals surface area contributed by atoms with Gasteiger partial charge in [-0.15, -0.1) is 10.2 Å². The lowest BCUT2D eigenvalue weighted by atomic mass is 10.1. The Balaban J connectivity index is 1.42. The number of phenols is 1. The molecule has 1 fully saturated rings. The molecule has 0 radical (unpaired) electrons. The Hall–Kier alpha value is -3.97. The highest BCUT2D eigenvalue weighted by Gasteiger charge is 2.17. The van der Waals surface area contributed by atoms with E-state index in [1.807, 2.05) is 65.2 Å². The predicted octanol–water partition coefficient (Wildman–Crippen LogP) is 4.80. The Labute approximate surface area is 190 Å². The second-order valence-corrected chi connectivity index (χ2v) is 8.30. The first-order valence-corrected chi connectivity index (χ1v) is 11.2. The van der Waals surface area contributed by atoms with Gasteiger partial charge in [0.2, 0.25) is 0 Å². The van der Waals surface area contributed by atoms with Crippen molar-refractivity contribution in [2.24, 2.45) is 0 Å². The molecular formula is C26H23N5O2. The van der Waals surface area contributed by atoms with E-state index in [1.54, 1.807) is 12.1 Å². The maximum absolute atomic E-state index is 9.60. The summed E-state index contributed by atoms with van der Waals surface area (Å²) >= 11 is 0. The molecule has 1 unspecified atom stereocenters. The van der Waals surface area contributed by atoms with Crippen molar-refractivity contribution in [2.75, 3.05) is 6.54 Å². The van der Waals surface area contributed by atoms with Crippen LogP contribution in [-0.4, -0.2) is 37.5 Å². The molecule has 1 saturated heterocycles. The summed E-state index contributed by atoms with van der Waals surface area (Å²) in [6.45, 7) is 0.975. The van der Waals surface area contributed by atoms with Crippen molar-refractivity contribution in [3.63, 3.8) is 0 Å². The van der Waals surface area contributed by atoms with Crippen LogP contribution in [0.2, 0.25) is 0 Å². The molecule has 1 aliphatic rings. The van der Waals surface area contributed by atoms with Crippen LogP contribution in [0.4, 0.5) is 0 Å². The Morgan fingerprint density at radius 3 is 2.64 bits per heavy atom. The summed E-state index contributed by atoms with van der Waals surface area (Å²) in [6, 6.07) is 21.1. The molecule has 2 N–H and O–H groups in total. The highest BCUT2D eigenvalue weighted by Crippen LogP contribution is 2.29. The molecule has 1 aliphatic heterocycles. The van der Waals surface area contributed by atoms with Crippen molar-refractivity contribution in [3.05, 3.63) is 72.9 Å². The summed E-state index contributed by atoms with van der Waals surface area (Å²) in [5.41, 5.74) is 4.28. The van der Waals surface area contributed by atoms with E-state index < -0.39 is 0 Å². The molecule has 164 valence electrons. The molecule has 7 nitrogen and oxygen atoms in total. The number of aromatic nitrogens is 4. The topological polar surface area (TPSA) is 84.6 Å². The summed E-state index contributed by atoms with van der Waals surface area (Å²) in [5.74, 6) is 1.68. The third-order valence-corrected chi connectivity index (χ3v) is 6.05. The van der Waals surface area contributed by atoms with Crippen LogP contribution in [0.25, 0.3) is 39.2 Å². The van der Waals surface area contributed by atoms with E-state index >= 15 is 0 Å². The third-order valence-electron chi connectivity index (χ3n) is 6.05. The van der Waals surface area contributed by atoms with Crippen LogP contribution >= 0.6 is 0 Å². The molecule has 4 heterocycles. The summed E-state index contributed by atoms with van der Waals surface area (Å²) in [7, 11) is 0. The van der Waals surface area contributed by atoms with Crippen molar-refractivity contribution in [2.45, 2.75) is 25.5 Å². The first kappa shape index (κ1) is 19.7. The van der Waals surface area contributed by atoms with Gasteiger partial charge in [-0.1, -0.05) is 30.3 Å². The lowest BCUT2D eigenvalue weighted by Crippen LogP contribution is -2.38. The first-order chi connectivity index (χ1) is 16.2. The second-order valence-electron chi connectivity index (χ2n) is 8.30. The van der Waals surface area contributed by atoms with E-state index in [4.69, 9.17) is 9.72 Å². The molecule has 1 atom stereocenters. The van der Waals surface area contributed by atoms with E-state index in [0.29, 0.717) is 5.82 Å². The average Bonchev–Trinajstić information content (AvgIpc) is 3.28. The fraction of sp³-hybridized carbons (Fsp3) is 0.192. The minimum absolute atomic E-state index is 0.0107. The van der Waals surface area contributed by atoms with Crippen LogP contribution in [-0.2, 0) is 0 Å². The number of hydrogen-bond acceptors (Lipinski definition) is 6. The van der Waals surface area contributed by atoms with Crippen LogP contribution in [0.5, 0.6) is 11.5 Å². The first-order valence-electron chi connectivity index (χ1n) is 11.2. The van der Waals surface area contributed by atoms with Gasteiger partial charge in [0.15, 0.2) is 11.5 Å². The molecule has 3 aromatic heterocycles. The monoisotopic (exact) mass is 437 g/mol. The van der Waals surface area contributed by atoms with Crippen molar-refractivity contribution >= 4 is 16.6 Å². The van der Waals surface area contributed by atoms with Crippen molar-refractivity contribution in [1.82, 2.24) is 24.9 Å². The van der Waals surface area contributed by atoms with Crippen LogP contribution in [0.3, 0.4) is 0 Å². The Morgan fingerprint density at radius 2 is 1.79 bits per heavy atom. The van der Waals surface area contributed by atoms with Crippen LogP contribution < -0.4 is 10.1 Å². The van der Waals surface area contributed by atoms with Crippen LogP contribution in [0.1, 0.15) is 19.3 Å². The number of para-hydroxylation sites is 1. The van der Waals surface area contributed by atoms with Crippen molar-refractivity contribution in [3.8, 4) is 34.1 Å². The minimum atomic E-state index is 0.0107. The van der Waals surface area contributed by atoms with Gasteiger partial charge in [0.1, 0.15) is 28.9 Å². The highest BCUT2D eigenvalue weighted by molar-refractivity contribution is 5.86. The van der Waals surface area contributed by atoms with Gasteiger partial charge >= 0.3 is 0 Å². The van der Waals surface area contributed by atoms with Gasteiger partial charge in [-0.3, -0.25) is 9.72 Å². The maximum Gasteiger partial charge on any atom is 0.187 e. The molecule has 0 spiro atoms. The van der Waals surface area contributed by atoms with Crippen LogP contribution in [0.15, 0.2) is 72.9 Å². The van der Waals surface area contributed by atoms with Gasteiger partial charge in [0, 0.05) is 11.6 Å². The van der Waals surface area contributed by atoms with E-state index in [9.17, 15) is 5.11 Å². The van der Waals surface area contributed by atoms with E-state index in [1.165, 1.54) is 6.42 Å². The van der Waals surface area contributed by atoms with Gasteiger partial charge in [0.25, 0.3) is 0 Å². The molecule has 0 saturated carbocycles. The number of phenolic OH excluding ortho intramolecular Hbond substituents is 1. The van der Waals surface area contributed by atoms with Gasteiger partial charge in [-0.25, -0.2) is 4.98 Å². The number of piperidine rings is 1. The summed E-state index contributed by atoms with van der Waals surface area (Å²) in [6.07, 6.45) is 5.35. The smallest absolute Gasteiger partial charge is 0.187 e. The number of nitrogens with one attached hydrogen (secondary N) is 1. The molecular weight excluding hydrogens is 414 g/mol. The fourth-order valence-corrected chi connectivity index (χ4v) is 4.30. The Kier molecular flexibility index (Phi) is 4.88. The van der Waals surface area contributed by atoms with E-state index in [-0.39, 0.29) is 12.0 Å². The molecule has 5 aromatic rings. The zero-order valence-corrected chi connectivity index (χ0v) is 18.0. The number of hydrogen-bond donors (Lipinski definition) is 2. The quantitative estimate of drug-likeness (QED) is 0.420. The number of nitrogens with zero attached hydrogens (tertiary/aromatic N) is 4. The maximum atomic E-state index is 9.60. The van der Waals surface area contributed by atoms with Crippen molar-refractivity contribution in [1.29, 1.82) is 0 Å². The fourth-order valence-electron chi connectivity index (χ4n) is 4.30. The van der Waals surface area contributed by atoms with Crippen molar-refractivity contribution < 1.29 is 9.84 Å². The molecule has 2 aromatic carbocycles. The summed E-state index contributed by atoms with van der Waals surface area (Å²) in [4.78, 5) is 4.94. The second kappa shape index (κ2) is 8.18. The molecule has 33 heavy (non-hydrogen) atoms. The number of ether oxygens (including phenoxy) is 1. The molecule has 6 rings (SSSR count). The van der Waals surface area contributed by atoms with E-state index in [2.05, 4.69) is 15.5 Å². The molecule has 0 bridgehead atoms. The zero-order valence-electron chi connectivity index (χ0n) is 18.0. The van der Waals surface area contributed by atoms with Gasteiger partial charge < -0.3 is 9.84 Å². The number of rotatable bonds is 4. The number of fused-ring (bicyclic) bond motifs is 2. The van der Waals surface area contributed by atoms with E-state index in [0.717, 1.165) is 58.5 Å².